The Hall–Kier alpha value is -6.74. The van der Waals surface area contributed by atoms with Crippen LogP contribution in [-0.4, -0.2) is 72.2 Å². The molecule has 3 heterocycles. The minimum absolute atomic E-state index is 0.153. The molecular weight excluding hydrogens is 827 g/mol. The average molecular weight is 882 g/mol. The Morgan fingerprint density at radius 3 is 1.77 bits per heavy atom. The lowest BCUT2D eigenvalue weighted by Gasteiger charge is -2.49. The van der Waals surface area contributed by atoms with Crippen molar-refractivity contribution in [2.75, 3.05) is 20.3 Å². The first-order valence-electron chi connectivity index (χ1n) is 21.4. The van der Waals surface area contributed by atoms with Crippen molar-refractivity contribution in [3.8, 4) is 33.5 Å². The molecule has 7 rings (SSSR count). The molecule has 14 heteroatoms. The molecule has 2 N–H and O–H groups in total. The number of aliphatic carboxylic acids is 1. The maximum atomic E-state index is 15.7. The number of hydrogen-bond acceptors (Lipinski definition) is 10. The minimum atomic E-state index is -3.03. The number of aryl methyl sites for hydroxylation is 4. The molecule has 0 fully saturated rings. The second kappa shape index (κ2) is 17.3. The van der Waals surface area contributed by atoms with Crippen LogP contribution in [0.2, 0.25) is 0 Å². The summed E-state index contributed by atoms with van der Waals surface area (Å²) in [5, 5.41) is 31.7. The zero-order valence-corrected chi connectivity index (χ0v) is 38.7. The van der Waals surface area contributed by atoms with Crippen LogP contribution in [0.4, 0.5) is 0 Å². The molecule has 2 atom stereocenters. The van der Waals surface area contributed by atoms with E-state index in [2.05, 4.69) is 10.3 Å². The number of ether oxygens (including phenoxy) is 3. The van der Waals surface area contributed by atoms with Crippen molar-refractivity contribution >= 4 is 33.5 Å². The van der Waals surface area contributed by atoms with Gasteiger partial charge in [-0.1, -0.05) is 83.1 Å². The van der Waals surface area contributed by atoms with Crippen molar-refractivity contribution < 1.29 is 34.0 Å². The molecule has 2 unspecified atom stereocenters. The Labute approximate surface area is 376 Å². The van der Waals surface area contributed by atoms with E-state index < -0.39 is 39.9 Å². The van der Waals surface area contributed by atoms with Crippen molar-refractivity contribution in [1.29, 1.82) is 0 Å². The highest BCUT2D eigenvalue weighted by atomic mass is 16.6. The highest BCUT2D eigenvalue weighted by Gasteiger charge is 2.72. The number of carboxylic acid groups (broad SMARTS) is 1. The number of carbonyl (C=O) groups excluding carboxylic acids is 1. The molecule has 0 saturated carbocycles. The number of aliphatic hydroxyl groups is 1. The first kappa shape index (κ1) is 46.3. The van der Waals surface area contributed by atoms with E-state index in [0.29, 0.717) is 44.1 Å². The van der Waals surface area contributed by atoms with E-state index in [4.69, 9.17) is 14.2 Å². The third kappa shape index (κ3) is 7.54. The average Bonchev–Trinajstić information content (AvgIpc) is 3.73. The zero-order chi connectivity index (χ0) is 47.3. The Kier molecular flexibility index (Phi) is 12.3. The number of nitrogens with zero attached hydrogens (tertiary/aromatic N) is 5. The number of carbonyl (C=O) groups is 2. The number of aromatic nitrogens is 5. The van der Waals surface area contributed by atoms with Crippen molar-refractivity contribution in [3.05, 3.63) is 139 Å². The van der Waals surface area contributed by atoms with E-state index in [-0.39, 0.29) is 42.1 Å². The van der Waals surface area contributed by atoms with Crippen LogP contribution in [0.5, 0.6) is 0 Å². The first-order chi connectivity index (χ1) is 30.8. The summed E-state index contributed by atoms with van der Waals surface area (Å²) in [5.41, 5.74) is -2.84. The Balaban J connectivity index is 1.80. The number of aliphatic hydroxyl groups excluding tert-OH is 1. The summed E-state index contributed by atoms with van der Waals surface area (Å²) in [5.74, 6) is -2.89. The lowest BCUT2D eigenvalue weighted by molar-refractivity contribution is -0.264. The van der Waals surface area contributed by atoms with Crippen LogP contribution in [0.1, 0.15) is 61.3 Å². The molecule has 0 aliphatic carbocycles. The maximum Gasteiger partial charge on any atom is 0.348 e. The van der Waals surface area contributed by atoms with Gasteiger partial charge in [0, 0.05) is 48.2 Å². The summed E-state index contributed by atoms with van der Waals surface area (Å²) >= 11 is 0. The fourth-order valence-corrected chi connectivity index (χ4v) is 9.38. The number of rotatable bonds is 13. The van der Waals surface area contributed by atoms with Crippen LogP contribution < -0.4 is 11.1 Å². The van der Waals surface area contributed by atoms with Gasteiger partial charge in [-0.2, -0.15) is 0 Å². The van der Waals surface area contributed by atoms with E-state index in [0.717, 1.165) is 29.4 Å². The second-order valence-corrected chi connectivity index (χ2v) is 17.5. The van der Waals surface area contributed by atoms with Crippen LogP contribution in [-0.2, 0) is 55.6 Å². The van der Waals surface area contributed by atoms with E-state index in [9.17, 15) is 15.0 Å². The van der Waals surface area contributed by atoms with E-state index in [1.807, 2.05) is 64.1 Å². The Morgan fingerprint density at radius 2 is 1.26 bits per heavy atom. The molecule has 338 valence electrons. The number of pyridine rings is 2. The molecule has 0 spiro atoms. The SMILES string of the molecule is CCOC(C(=O)OC)(c1c(-c2ccc(C)cc2C)c2ccccc2c(=O)n1C)C(OC(C)(C)C)(C(=O)O)c1c(-c2ccc(C)cc2C)c2ccc(-c3cn(CCO)nn3)cc2c(=O)n1C. The van der Waals surface area contributed by atoms with Gasteiger partial charge in [-0.25, -0.2) is 14.3 Å². The van der Waals surface area contributed by atoms with Gasteiger partial charge < -0.3 is 33.6 Å². The smallest absolute Gasteiger partial charge is 0.348 e. The molecule has 0 aliphatic heterocycles. The number of esters is 1. The summed E-state index contributed by atoms with van der Waals surface area (Å²) < 4.78 is 23.7. The minimum Gasteiger partial charge on any atom is -0.479 e. The van der Waals surface area contributed by atoms with Crippen LogP contribution in [0.15, 0.2) is 94.6 Å². The number of carboxylic acids is 1. The van der Waals surface area contributed by atoms with Gasteiger partial charge >= 0.3 is 11.9 Å². The molecule has 0 bridgehead atoms. The van der Waals surface area contributed by atoms with Gasteiger partial charge in [-0.15, -0.1) is 5.10 Å². The standard InChI is InChI=1S/C51H55N5O9/c1-12-64-51(48(62)63-11,44-41(34-20-17-29(2)25-31(34)4)36-15-13-14-16-38(36)45(58)55(44)10)50(47(60)61,65-49(6,7)8)43-42(35-21-18-30(3)26-32(35)5)37-22-19-33(27-39(37)46(59)54(43)9)40-28-56(23-24-57)53-52-40/h13-22,25-28,57H,12,23-24H2,1-11H3,(H,60,61). The van der Waals surface area contributed by atoms with Gasteiger partial charge in [0.25, 0.3) is 22.3 Å². The van der Waals surface area contributed by atoms with Crippen molar-refractivity contribution in [1.82, 2.24) is 24.1 Å². The largest absolute Gasteiger partial charge is 0.479 e. The molecular formula is C51H55N5O9. The van der Waals surface area contributed by atoms with Crippen molar-refractivity contribution in [3.63, 3.8) is 0 Å². The van der Waals surface area contributed by atoms with Gasteiger partial charge in [-0.3, -0.25) is 9.59 Å². The third-order valence-corrected chi connectivity index (χ3v) is 11.9. The highest BCUT2D eigenvalue weighted by Crippen LogP contribution is 2.55. The van der Waals surface area contributed by atoms with Crippen LogP contribution >= 0.6 is 0 Å². The molecule has 0 radical (unpaired) electrons. The Morgan fingerprint density at radius 1 is 0.723 bits per heavy atom. The normalized spacial score (nSPS) is 13.8. The van der Waals surface area contributed by atoms with Crippen LogP contribution in [0.25, 0.3) is 55.1 Å². The highest BCUT2D eigenvalue weighted by molar-refractivity contribution is 6.06. The number of benzene rings is 4. The second-order valence-electron chi connectivity index (χ2n) is 17.5. The van der Waals surface area contributed by atoms with Crippen LogP contribution in [0.3, 0.4) is 0 Å². The summed E-state index contributed by atoms with van der Waals surface area (Å²) in [7, 11) is 4.04. The van der Waals surface area contributed by atoms with Crippen LogP contribution in [0, 0.1) is 27.7 Å². The van der Waals surface area contributed by atoms with Crippen molar-refractivity contribution in [2.24, 2.45) is 14.1 Å². The predicted molar refractivity (Wildman–Crippen MR) is 250 cm³/mol. The zero-order valence-electron chi connectivity index (χ0n) is 38.7. The number of hydrogen-bond donors (Lipinski definition) is 2. The number of fused-ring (bicyclic) bond motifs is 2. The number of methoxy groups -OCH3 is 1. The molecule has 0 aliphatic rings. The third-order valence-electron chi connectivity index (χ3n) is 11.9. The van der Waals surface area contributed by atoms with E-state index >= 15 is 14.4 Å². The van der Waals surface area contributed by atoms with Gasteiger partial charge in [0.2, 0.25) is 0 Å². The lowest BCUT2D eigenvalue weighted by atomic mass is 9.70. The van der Waals surface area contributed by atoms with Gasteiger partial charge in [0.15, 0.2) is 0 Å². The monoisotopic (exact) mass is 881 g/mol. The summed E-state index contributed by atoms with van der Waals surface area (Å²) in [6.45, 7) is 14.0. The fraction of sp³-hybridized carbons (Fsp3) is 0.333. The molecule has 7 aromatic rings. The lowest BCUT2D eigenvalue weighted by Crippen LogP contribution is -2.66. The van der Waals surface area contributed by atoms with Gasteiger partial charge in [-0.05, 0) is 101 Å². The summed E-state index contributed by atoms with van der Waals surface area (Å²) in [6, 6.07) is 23.5. The van der Waals surface area contributed by atoms with E-state index in [1.165, 1.54) is 27.9 Å². The van der Waals surface area contributed by atoms with Crippen molar-refractivity contribution in [2.45, 2.75) is 78.7 Å². The van der Waals surface area contributed by atoms with Gasteiger partial charge in [0.05, 0.1) is 43.4 Å². The fourth-order valence-electron chi connectivity index (χ4n) is 9.38. The van der Waals surface area contributed by atoms with E-state index in [1.54, 1.807) is 76.4 Å². The summed E-state index contributed by atoms with van der Waals surface area (Å²) in [4.78, 5) is 61.3. The maximum absolute atomic E-state index is 15.7. The molecule has 14 nitrogen and oxygen atoms in total. The first-order valence-corrected chi connectivity index (χ1v) is 21.4. The quantitative estimate of drug-likeness (QED) is 0.110. The molecule has 65 heavy (non-hydrogen) atoms. The molecule has 3 aromatic heterocycles. The molecule has 0 saturated heterocycles. The summed E-state index contributed by atoms with van der Waals surface area (Å²) in [6.07, 6.45) is 1.65. The van der Waals surface area contributed by atoms with Gasteiger partial charge in [0.1, 0.15) is 5.69 Å². The topological polar surface area (TPSA) is 177 Å². The molecule has 0 amide bonds. The predicted octanol–water partition coefficient (Wildman–Crippen LogP) is 7.41. The molecule has 4 aromatic carbocycles. The Bertz CT molecular complexity index is 3160.